The van der Waals surface area contributed by atoms with E-state index >= 15 is 0 Å². The molecule has 5 heteroatoms. The molecule has 0 fully saturated rings. The quantitative estimate of drug-likeness (QED) is 0.356. The van der Waals surface area contributed by atoms with Crippen molar-refractivity contribution in [1.29, 1.82) is 5.26 Å². The van der Waals surface area contributed by atoms with Gasteiger partial charge in [-0.2, -0.15) is 5.26 Å². The van der Waals surface area contributed by atoms with Gasteiger partial charge < -0.3 is 14.2 Å². The SMILES string of the molecule is COC(=O)/C(C#N)=C/C=C/c1cc(OC)ccc1OC. The molecule has 1 rings (SSSR count). The highest BCUT2D eigenvalue weighted by Crippen LogP contribution is 2.25. The van der Waals surface area contributed by atoms with Gasteiger partial charge in [0, 0.05) is 5.56 Å². The average molecular weight is 273 g/mol. The number of nitriles is 1. The van der Waals surface area contributed by atoms with Gasteiger partial charge in [0.15, 0.2) is 0 Å². The Kier molecular flexibility index (Phi) is 5.85. The van der Waals surface area contributed by atoms with Gasteiger partial charge in [0.2, 0.25) is 0 Å². The van der Waals surface area contributed by atoms with Crippen LogP contribution >= 0.6 is 0 Å². The third-order valence-electron chi connectivity index (χ3n) is 2.50. The number of rotatable bonds is 5. The number of hydrogen-bond acceptors (Lipinski definition) is 5. The molecular weight excluding hydrogens is 258 g/mol. The van der Waals surface area contributed by atoms with E-state index in [0.29, 0.717) is 11.5 Å². The number of esters is 1. The molecule has 0 amide bonds. The minimum absolute atomic E-state index is 0.0781. The van der Waals surface area contributed by atoms with Gasteiger partial charge in [0.1, 0.15) is 23.1 Å². The van der Waals surface area contributed by atoms with Crippen molar-refractivity contribution in [2.75, 3.05) is 21.3 Å². The molecule has 0 radical (unpaired) electrons. The zero-order chi connectivity index (χ0) is 15.0. The number of allylic oxidation sites excluding steroid dienone is 2. The van der Waals surface area contributed by atoms with Crippen molar-refractivity contribution < 1.29 is 19.0 Å². The molecule has 1 aromatic rings. The lowest BCUT2D eigenvalue weighted by atomic mass is 10.1. The lowest BCUT2D eigenvalue weighted by Crippen LogP contribution is -2.02. The summed E-state index contributed by atoms with van der Waals surface area (Å²) in [6, 6.07) is 7.11. The van der Waals surface area contributed by atoms with Gasteiger partial charge in [0.25, 0.3) is 0 Å². The van der Waals surface area contributed by atoms with E-state index in [1.165, 1.54) is 13.2 Å². The Morgan fingerprint density at radius 1 is 1.25 bits per heavy atom. The van der Waals surface area contributed by atoms with Crippen molar-refractivity contribution in [2.45, 2.75) is 0 Å². The summed E-state index contributed by atoms with van der Waals surface area (Å²) < 4.78 is 14.8. The molecule has 0 saturated heterocycles. The number of ether oxygens (including phenoxy) is 3. The molecule has 0 heterocycles. The van der Waals surface area contributed by atoms with Crippen LogP contribution in [0.15, 0.2) is 35.9 Å². The number of carbonyl (C=O) groups is 1. The fraction of sp³-hybridized carbons (Fsp3) is 0.200. The molecule has 104 valence electrons. The summed E-state index contributed by atoms with van der Waals surface area (Å²) in [7, 11) is 4.35. The Labute approximate surface area is 117 Å². The maximum absolute atomic E-state index is 11.2. The highest BCUT2D eigenvalue weighted by Gasteiger charge is 2.06. The maximum Gasteiger partial charge on any atom is 0.348 e. The molecule has 0 atom stereocenters. The molecule has 0 saturated carbocycles. The van der Waals surface area contributed by atoms with Crippen LogP contribution in [-0.2, 0) is 9.53 Å². The maximum atomic E-state index is 11.2. The Morgan fingerprint density at radius 3 is 2.55 bits per heavy atom. The summed E-state index contributed by atoms with van der Waals surface area (Å²) in [6.45, 7) is 0. The van der Waals surface area contributed by atoms with Gasteiger partial charge in [-0.25, -0.2) is 4.79 Å². The minimum Gasteiger partial charge on any atom is -0.497 e. The Balaban J connectivity index is 3.03. The largest absolute Gasteiger partial charge is 0.497 e. The zero-order valence-electron chi connectivity index (χ0n) is 11.5. The van der Waals surface area contributed by atoms with E-state index in [9.17, 15) is 4.79 Å². The number of benzene rings is 1. The Morgan fingerprint density at radius 2 is 2.00 bits per heavy atom. The van der Waals surface area contributed by atoms with Crippen LogP contribution in [0.4, 0.5) is 0 Å². The zero-order valence-corrected chi connectivity index (χ0v) is 11.5. The highest BCUT2D eigenvalue weighted by atomic mass is 16.5. The van der Waals surface area contributed by atoms with E-state index in [-0.39, 0.29) is 5.57 Å². The van der Waals surface area contributed by atoms with E-state index < -0.39 is 5.97 Å². The van der Waals surface area contributed by atoms with Crippen LogP contribution in [-0.4, -0.2) is 27.3 Å². The van der Waals surface area contributed by atoms with Gasteiger partial charge >= 0.3 is 5.97 Å². The lowest BCUT2D eigenvalue weighted by Gasteiger charge is -2.06. The molecule has 0 aromatic heterocycles. The molecule has 0 aliphatic carbocycles. The van der Waals surface area contributed by atoms with Gasteiger partial charge in [-0.1, -0.05) is 12.2 Å². The molecular formula is C15H15NO4. The molecule has 1 aromatic carbocycles. The smallest absolute Gasteiger partial charge is 0.348 e. The predicted molar refractivity (Wildman–Crippen MR) is 74.3 cm³/mol. The molecule has 0 aliphatic rings. The second-order valence-corrected chi connectivity index (χ2v) is 3.65. The molecule has 20 heavy (non-hydrogen) atoms. The topological polar surface area (TPSA) is 68.6 Å². The molecule has 0 spiro atoms. The van der Waals surface area contributed by atoms with Crippen LogP contribution in [0.25, 0.3) is 6.08 Å². The number of nitrogens with zero attached hydrogens (tertiary/aromatic N) is 1. The fourth-order valence-electron chi connectivity index (χ4n) is 1.48. The third-order valence-corrected chi connectivity index (χ3v) is 2.50. The summed E-state index contributed by atoms with van der Waals surface area (Å²) in [5.74, 6) is 0.671. The van der Waals surface area contributed by atoms with Crippen LogP contribution < -0.4 is 9.47 Å². The summed E-state index contributed by atoms with van der Waals surface area (Å²) in [4.78, 5) is 11.2. The number of methoxy groups -OCH3 is 3. The average Bonchev–Trinajstić information content (AvgIpc) is 2.50. The van der Waals surface area contributed by atoms with Crippen molar-refractivity contribution >= 4 is 12.0 Å². The van der Waals surface area contributed by atoms with Crippen LogP contribution in [0.1, 0.15) is 5.56 Å². The standard InChI is InChI=1S/C15H15NO4/c1-18-13-7-8-14(19-2)11(9-13)5-4-6-12(10-16)15(17)20-3/h4-9H,1-3H3/b5-4+,12-6+. The first-order chi connectivity index (χ1) is 9.65. The van der Waals surface area contributed by atoms with Crippen LogP contribution in [0, 0.1) is 11.3 Å². The molecule has 0 unspecified atom stereocenters. The minimum atomic E-state index is -0.672. The van der Waals surface area contributed by atoms with Gasteiger partial charge in [0.05, 0.1) is 21.3 Å². The van der Waals surface area contributed by atoms with Gasteiger partial charge in [-0.05, 0) is 24.3 Å². The first-order valence-corrected chi connectivity index (χ1v) is 5.75. The first kappa shape index (κ1) is 15.3. The van der Waals surface area contributed by atoms with Crippen molar-refractivity contribution in [2.24, 2.45) is 0 Å². The van der Waals surface area contributed by atoms with Gasteiger partial charge in [-0.3, -0.25) is 0 Å². The summed E-state index contributed by atoms with van der Waals surface area (Å²) >= 11 is 0. The number of carbonyl (C=O) groups excluding carboxylic acids is 1. The Bertz CT molecular complexity index is 582. The molecule has 0 bridgehead atoms. The Hall–Kier alpha value is -2.74. The van der Waals surface area contributed by atoms with E-state index in [1.807, 2.05) is 0 Å². The monoisotopic (exact) mass is 273 g/mol. The van der Waals surface area contributed by atoms with E-state index in [0.717, 1.165) is 5.56 Å². The fourth-order valence-corrected chi connectivity index (χ4v) is 1.48. The predicted octanol–water partition coefficient (Wildman–Crippen LogP) is 2.34. The summed E-state index contributed by atoms with van der Waals surface area (Å²) in [6.07, 6.45) is 4.67. The van der Waals surface area contributed by atoms with Crippen LogP contribution in [0.3, 0.4) is 0 Å². The lowest BCUT2D eigenvalue weighted by molar-refractivity contribution is -0.135. The summed E-state index contributed by atoms with van der Waals surface area (Å²) in [5.41, 5.74) is 0.691. The second-order valence-electron chi connectivity index (χ2n) is 3.65. The second kappa shape index (κ2) is 7.64. The van der Waals surface area contributed by atoms with Crippen molar-refractivity contribution in [1.82, 2.24) is 0 Å². The van der Waals surface area contributed by atoms with Crippen LogP contribution in [0.2, 0.25) is 0 Å². The first-order valence-electron chi connectivity index (χ1n) is 5.75. The van der Waals surface area contributed by atoms with E-state index in [4.69, 9.17) is 14.7 Å². The highest BCUT2D eigenvalue weighted by molar-refractivity contribution is 5.93. The van der Waals surface area contributed by atoms with E-state index in [1.54, 1.807) is 50.6 Å². The third kappa shape index (κ3) is 3.89. The van der Waals surface area contributed by atoms with E-state index in [2.05, 4.69) is 4.74 Å². The molecule has 0 N–H and O–H groups in total. The van der Waals surface area contributed by atoms with Crippen molar-refractivity contribution in [3.63, 3.8) is 0 Å². The summed E-state index contributed by atoms with van der Waals surface area (Å²) in [5, 5.41) is 8.81. The van der Waals surface area contributed by atoms with Crippen LogP contribution in [0.5, 0.6) is 11.5 Å². The van der Waals surface area contributed by atoms with Gasteiger partial charge in [-0.15, -0.1) is 0 Å². The van der Waals surface area contributed by atoms with Crippen molar-refractivity contribution in [3.05, 3.63) is 41.5 Å². The molecule has 5 nitrogen and oxygen atoms in total. The van der Waals surface area contributed by atoms with Crippen molar-refractivity contribution in [3.8, 4) is 17.6 Å². The molecule has 0 aliphatic heterocycles. The normalized spacial score (nSPS) is 11.0. The number of hydrogen-bond donors (Lipinski definition) is 0.